The van der Waals surface area contributed by atoms with Crippen LogP contribution in [0.5, 0.6) is 0 Å². The van der Waals surface area contributed by atoms with Gasteiger partial charge in [0.05, 0.1) is 22.3 Å². The summed E-state index contributed by atoms with van der Waals surface area (Å²) < 4.78 is 17.8. The molecule has 0 aromatic carbocycles. The summed E-state index contributed by atoms with van der Waals surface area (Å²) in [7, 11) is 0. The van der Waals surface area contributed by atoms with E-state index in [0.717, 1.165) is 43.6 Å². The van der Waals surface area contributed by atoms with Crippen LogP contribution in [0.25, 0.3) is 16.6 Å². The van der Waals surface area contributed by atoms with Gasteiger partial charge in [-0.1, -0.05) is 6.92 Å². The highest BCUT2D eigenvalue weighted by molar-refractivity contribution is 6.13. The summed E-state index contributed by atoms with van der Waals surface area (Å²) in [6, 6.07) is 1.27. The standard InChI is InChI=1S/C24H29FN8O/c1-4-24(26)6-8-31(9-7-24)21-18-14-33(5-2)30-20(18)17(11-27-21)23(34)29-16-10-19(25)22-28-15(3)12-32(22)13-16/h10-14H,4-9,26H2,1-3H3,(H,29,34). The van der Waals surface area contributed by atoms with E-state index in [0.29, 0.717) is 29.0 Å². The van der Waals surface area contributed by atoms with Gasteiger partial charge in [0.1, 0.15) is 11.3 Å². The van der Waals surface area contributed by atoms with Crippen molar-refractivity contribution in [1.29, 1.82) is 0 Å². The van der Waals surface area contributed by atoms with Crippen molar-refractivity contribution < 1.29 is 9.18 Å². The van der Waals surface area contributed by atoms with Crippen LogP contribution in [-0.4, -0.2) is 48.7 Å². The van der Waals surface area contributed by atoms with E-state index in [9.17, 15) is 9.18 Å². The van der Waals surface area contributed by atoms with Crippen LogP contribution in [0.15, 0.2) is 30.9 Å². The minimum absolute atomic E-state index is 0.132. The summed E-state index contributed by atoms with van der Waals surface area (Å²) in [5.74, 6) is -0.0923. The molecule has 0 unspecified atom stereocenters. The lowest BCUT2D eigenvalue weighted by Crippen LogP contribution is -2.50. The molecule has 178 valence electrons. The molecule has 5 rings (SSSR count). The summed E-state index contributed by atoms with van der Waals surface area (Å²) in [4.78, 5) is 24.3. The fraction of sp³-hybridized carbons (Fsp3) is 0.417. The lowest BCUT2D eigenvalue weighted by molar-refractivity contribution is 0.102. The summed E-state index contributed by atoms with van der Waals surface area (Å²) >= 11 is 0. The van der Waals surface area contributed by atoms with E-state index >= 15 is 0 Å². The Hall–Kier alpha value is -3.53. The van der Waals surface area contributed by atoms with Crippen molar-refractivity contribution in [3.63, 3.8) is 0 Å². The number of nitrogens with zero attached hydrogens (tertiary/aromatic N) is 6. The Morgan fingerprint density at radius 2 is 2.00 bits per heavy atom. The number of hydrogen-bond acceptors (Lipinski definition) is 6. The zero-order valence-electron chi connectivity index (χ0n) is 19.7. The zero-order chi connectivity index (χ0) is 24.0. The van der Waals surface area contributed by atoms with Crippen LogP contribution < -0.4 is 16.0 Å². The Bertz CT molecular complexity index is 1380. The molecule has 0 aliphatic carbocycles. The molecule has 1 aliphatic heterocycles. The maximum atomic E-state index is 14.5. The van der Waals surface area contributed by atoms with Gasteiger partial charge in [-0.25, -0.2) is 14.4 Å². The first-order chi connectivity index (χ1) is 16.3. The van der Waals surface area contributed by atoms with Crippen LogP contribution in [0.4, 0.5) is 15.9 Å². The van der Waals surface area contributed by atoms with E-state index in [2.05, 4.69) is 32.2 Å². The number of anilines is 2. The molecule has 0 spiro atoms. The first kappa shape index (κ1) is 22.3. The Kier molecular flexibility index (Phi) is 5.47. The number of halogens is 1. The van der Waals surface area contributed by atoms with Gasteiger partial charge in [-0.05, 0) is 33.1 Å². The number of hydrogen-bond donors (Lipinski definition) is 2. The summed E-state index contributed by atoms with van der Waals surface area (Å²) in [5, 5.41) is 8.25. The normalized spacial score (nSPS) is 15.9. The van der Waals surface area contributed by atoms with Crippen LogP contribution in [-0.2, 0) is 6.54 Å². The topological polar surface area (TPSA) is 106 Å². The Morgan fingerprint density at radius 1 is 1.24 bits per heavy atom. The Labute approximate surface area is 196 Å². The predicted molar refractivity (Wildman–Crippen MR) is 130 cm³/mol. The third kappa shape index (κ3) is 3.87. The molecule has 34 heavy (non-hydrogen) atoms. The molecule has 5 heterocycles. The second-order valence-corrected chi connectivity index (χ2v) is 9.09. The number of carbonyl (C=O) groups is 1. The number of amides is 1. The third-order valence-corrected chi connectivity index (χ3v) is 6.79. The highest BCUT2D eigenvalue weighted by atomic mass is 19.1. The number of fused-ring (bicyclic) bond motifs is 2. The Morgan fingerprint density at radius 3 is 2.71 bits per heavy atom. The van der Waals surface area contributed by atoms with Crippen LogP contribution in [0.3, 0.4) is 0 Å². The van der Waals surface area contributed by atoms with Crippen molar-refractivity contribution in [1.82, 2.24) is 24.1 Å². The predicted octanol–water partition coefficient (Wildman–Crippen LogP) is 3.51. The molecule has 0 atom stereocenters. The number of nitrogens with one attached hydrogen (secondary N) is 1. The lowest BCUT2D eigenvalue weighted by atomic mass is 9.86. The highest BCUT2D eigenvalue weighted by Gasteiger charge is 2.31. The first-order valence-electron chi connectivity index (χ1n) is 11.7. The van der Waals surface area contributed by atoms with Gasteiger partial charge in [0, 0.05) is 56.0 Å². The molecule has 1 fully saturated rings. The van der Waals surface area contributed by atoms with Crippen LogP contribution in [0.1, 0.15) is 49.2 Å². The fourth-order valence-electron chi connectivity index (χ4n) is 4.58. The molecule has 1 saturated heterocycles. The molecule has 4 aromatic heterocycles. The minimum Gasteiger partial charge on any atom is -0.356 e. The van der Waals surface area contributed by atoms with Crippen LogP contribution in [0, 0.1) is 12.7 Å². The fourth-order valence-corrected chi connectivity index (χ4v) is 4.58. The van der Waals surface area contributed by atoms with E-state index in [-0.39, 0.29) is 11.2 Å². The van der Waals surface area contributed by atoms with Gasteiger partial charge in [0.15, 0.2) is 11.5 Å². The van der Waals surface area contributed by atoms with E-state index in [1.165, 1.54) is 6.07 Å². The van der Waals surface area contributed by atoms with Crippen molar-refractivity contribution in [2.45, 2.75) is 52.1 Å². The molecule has 0 bridgehead atoms. The maximum absolute atomic E-state index is 14.5. The van der Waals surface area contributed by atoms with Crippen molar-refractivity contribution in [2.24, 2.45) is 5.73 Å². The SMILES string of the molecule is CCn1cc2c(N3CCC(N)(CC)CC3)ncc(C(=O)Nc3cc(F)c4nc(C)cn4c3)c2n1. The molecule has 0 saturated carbocycles. The van der Waals surface area contributed by atoms with Crippen LogP contribution >= 0.6 is 0 Å². The van der Waals surface area contributed by atoms with E-state index in [4.69, 9.17) is 5.73 Å². The zero-order valence-corrected chi connectivity index (χ0v) is 19.7. The lowest BCUT2D eigenvalue weighted by Gasteiger charge is -2.39. The molecule has 1 amide bonds. The van der Waals surface area contributed by atoms with Gasteiger partial charge in [0.2, 0.25) is 0 Å². The molecule has 1 aliphatic rings. The number of piperidine rings is 1. The number of rotatable bonds is 5. The van der Waals surface area contributed by atoms with Crippen molar-refractivity contribution in [2.75, 3.05) is 23.3 Å². The molecular weight excluding hydrogens is 435 g/mol. The van der Waals surface area contributed by atoms with Crippen molar-refractivity contribution >= 4 is 34.0 Å². The van der Waals surface area contributed by atoms with Crippen LogP contribution in [0.2, 0.25) is 0 Å². The first-order valence-corrected chi connectivity index (χ1v) is 11.7. The third-order valence-electron chi connectivity index (χ3n) is 6.79. The number of imidazole rings is 1. The van der Waals surface area contributed by atoms with Gasteiger partial charge in [-0.3, -0.25) is 9.48 Å². The smallest absolute Gasteiger partial charge is 0.259 e. The number of pyridine rings is 2. The average molecular weight is 465 g/mol. The summed E-state index contributed by atoms with van der Waals surface area (Å²) in [5.41, 5.74) is 8.49. The number of carbonyl (C=O) groups excluding carboxylic acids is 1. The maximum Gasteiger partial charge on any atom is 0.259 e. The largest absolute Gasteiger partial charge is 0.356 e. The highest BCUT2D eigenvalue weighted by Crippen LogP contribution is 2.31. The molecule has 10 heteroatoms. The second-order valence-electron chi connectivity index (χ2n) is 9.09. The minimum atomic E-state index is -0.507. The van der Waals surface area contributed by atoms with Gasteiger partial charge >= 0.3 is 0 Å². The van der Waals surface area contributed by atoms with Gasteiger partial charge in [0.25, 0.3) is 5.91 Å². The van der Waals surface area contributed by atoms with Gasteiger partial charge < -0.3 is 20.4 Å². The molecular formula is C24H29FN8O. The van der Waals surface area contributed by atoms with Gasteiger partial charge in [-0.15, -0.1) is 0 Å². The van der Waals surface area contributed by atoms with E-state index in [1.807, 2.05) is 13.1 Å². The van der Waals surface area contributed by atoms with Gasteiger partial charge in [-0.2, -0.15) is 5.10 Å². The molecule has 0 radical (unpaired) electrons. The Balaban J connectivity index is 1.48. The van der Waals surface area contributed by atoms with E-state index in [1.54, 1.807) is 34.6 Å². The second kappa shape index (κ2) is 8.35. The number of aromatic nitrogens is 5. The molecule has 9 nitrogen and oxygen atoms in total. The molecule has 3 N–H and O–H groups in total. The monoisotopic (exact) mass is 464 g/mol. The quantitative estimate of drug-likeness (QED) is 0.468. The van der Waals surface area contributed by atoms with E-state index < -0.39 is 11.7 Å². The van der Waals surface area contributed by atoms with Crippen molar-refractivity contribution in [3.8, 4) is 0 Å². The molecule has 4 aromatic rings. The average Bonchev–Trinajstić information content (AvgIpc) is 3.42. The summed E-state index contributed by atoms with van der Waals surface area (Å²) in [6.07, 6.45) is 9.55. The number of aryl methyl sites for hydroxylation is 2. The van der Waals surface area contributed by atoms with Crippen molar-refractivity contribution in [3.05, 3.63) is 47.9 Å². The number of nitrogens with two attached hydrogens (primary N) is 1. The summed E-state index contributed by atoms with van der Waals surface area (Å²) in [6.45, 7) is 8.19.